The quantitative estimate of drug-likeness (QED) is 0.150. The van der Waals surface area contributed by atoms with Gasteiger partial charge in [0.2, 0.25) is 5.91 Å². The van der Waals surface area contributed by atoms with Gasteiger partial charge in [-0.2, -0.15) is 0 Å². The van der Waals surface area contributed by atoms with Gasteiger partial charge in [0.05, 0.1) is 4.90 Å². The molecular weight excluding hydrogens is 617 g/mol. The maximum absolute atomic E-state index is 13.9. The Morgan fingerprint density at radius 1 is 0.723 bits per heavy atom. The van der Waals surface area contributed by atoms with Crippen molar-refractivity contribution in [3.8, 4) is 5.75 Å². The summed E-state index contributed by atoms with van der Waals surface area (Å²) in [6.45, 7) is 0.148. The molecule has 0 saturated heterocycles. The standard InChI is InChI=1S/C37H34FN3O5S/c38-31-16-18-32(19-17-31)40-47(44,45)34-22-20-33(21-23-34)46-27-35(42)41(26-29-12-6-2-7-13-29)36(30-14-8-3-9-15-30)37(43)39-25-24-28-10-4-1-5-11-28/h1-23,36,40H,24-27H2,(H,39,43)/t36-/m1/s1. The molecule has 10 heteroatoms. The van der Waals surface area contributed by atoms with Crippen molar-refractivity contribution in [1.29, 1.82) is 0 Å². The molecule has 0 unspecified atom stereocenters. The first-order valence-corrected chi connectivity index (χ1v) is 16.5. The number of carbonyl (C=O) groups excluding carboxylic acids is 2. The Hall–Kier alpha value is -5.48. The van der Waals surface area contributed by atoms with Crippen LogP contribution in [0.25, 0.3) is 0 Å². The highest BCUT2D eigenvalue weighted by molar-refractivity contribution is 7.92. The van der Waals surface area contributed by atoms with Crippen molar-refractivity contribution < 1.29 is 27.1 Å². The van der Waals surface area contributed by atoms with Gasteiger partial charge in [-0.25, -0.2) is 12.8 Å². The summed E-state index contributed by atoms with van der Waals surface area (Å²) in [5.41, 5.74) is 2.78. The van der Waals surface area contributed by atoms with E-state index >= 15 is 0 Å². The maximum Gasteiger partial charge on any atom is 0.261 e. The third-order valence-corrected chi connectivity index (χ3v) is 8.74. The number of sulfonamides is 1. The van der Waals surface area contributed by atoms with E-state index in [4.69, 9.17) is 4.74 Å². The molecule has 0 aromatic heterocycles. The van der Waals surface area contributed by atoms with Crippen molar-refractivity contribution in [2.45, 2.75) is 23.9 Å². The van der Waals surface area contributed by atoms with Crippen LogP contribution in [0, 0.1) is 5.82 Å². The van der Waals surface area contributed by atoms with E-state index in [0.717, 1.165) is 23.3 Å². The number of benzene rings is 5. The Bertz CT molecular complexity index is 1860. The van der Waals surface area contributed by atoms with Crippen molar-refractivity contribution in [2.24, 2.45) is 0 Å². The van der Waals surface area contributed by atoms with Crippen LogP contribution >= 0.6 is 0 Å². The summed E-state index contributed by atoms with van der Waals surface area (Å²) in [7, 11) is -3.95. The number of hydrogen-bond acceptors (Lipinski definition) is 5. The first-order chi connectivity index (χ1) is 22.8. The van der Waals surface area contributed by atoms with E-state index in [0.29, 0.717) is 18.5 Å². The molecule has 5 rings (SSSR count). The van der Waals surface area contributed by atoms with Crippen molar-refractivity contribution in [2.75, 3.05) is 17.9 Å². The zero-order valence-electron chi connectivity index (χ0n) is 25.5. The van der Waals surface area contributed by atoms with E-state index in [-0.39, 0.29) is 28.8 Å². The highest BCUT2D eigenvalue weighted by atomic mass is 32.2. The van der Waals surface area contributed by atoms with E-state index in [1.54, 1.807) is 0 Å². The summed E-state index contributed by atoms with van der Waals surface area (Å²) in [5.74, 6) is -0.970. The smallest absolute Gasteiger partial charge is 0.261 e. The SMILES string of the molecule is O=C(NCCc1ccccc1)[C@@H](c1ccccc1)N(Cc1ccccc1)C(=O)COc1ccc(S(=O)(=O)Nc2ccc(F)cc2)cc1. The lowest BCUT2D eigenvalue weighted by atomic mass is 10.0. The predicted molar refractivity (Wildman–Crippen MR) is 178 cm³/mol. The van der Waals surface area contributed by atoms with Gasteiger partial charge in [0.25, 0.3) is 15.9 Å². The highest BCUT2D eigenvalue weighted by Gasteiger charge is 2.31. The molecule has 2 N–H and O–H groups in total. The molecule has 0 spiro atoms. The van der Waals surface area contributed by atoms with Crippen LogP contribution in [0.2, 0.25) is 0 Å². The van der Waals surface area contributed by atoms with E-state index in [1.165, 1.54) is 41.3 Å². The molecule has 47 heavy (non-hydrogen) atoms. The van der Waals surface area contributed by atoms with Crippen LogP contribution in [0.15, 0.2) is 144 Å². The van der Waals surface area contributed by atoms with Gasteiger partial charge in [-0.1, -0.05) is 91.0 Å². The van der Waals surface area contributed by atoms with Crippen LogP contribution < -0.4 is 14.8 Å². The molecule has 0 radical (unpaired) electrons. The van der Waals surface area contributed by atoms with Crippen LogP contribution in [0.1, 0.15) is 22.7 Å². The van der Waals surface area contributed by atoms with Crippen LogP contribution in [-0.4, -0.2) is 38.3 Å². The fraction of sp³-hybridized carbons (Fsp3) is 0.135. The van der Waals surface area contributed by atoms with Crippen LogP contribution in [0.5, 0.6) is 5.75 Å². The summed E-state index contributed by atoms with van der Waals surface area (Å²) in [6.07, 6.45) is 0.634. The average molecular weight is 652 g/mol. The largest absolute Gasteiger partial charge is 0.484 e. The van der Waals surface area contributed by atoms with Crippen LogP contribution in [0.4, 0.5) is 10.1 Å². The monoisotopic (exact) mass is 651 g/mol. The van der Waals surface area contributed by atoms with E-state index in [9.17, 15) is 22.4 Å². The van der Waals surface area contributed by atoms with E-state index in [2.05, 4.69) is 10.0 Å². The number of hydrogen-bond donors (Lipinski definition) is 2. The van der Waals surface area contributed by atoms with Gasteiger partial charge in [0.1, 0.15) is 17.6 Å². The first kappa shape index (κ1) is 32.9. The molecule has 0 fully saturated rings. The van der Waals surface area contributed by atoms with Crippen LogP contribution in [0.3, 0.4) is 0 Å². The second-order valence-electron chi connectivity index (χ2n) is 10.7. The molecule has 0 aliphatic heterocycles. The lowest BCUT2D eigenvalue weighted by molar-refractivity contribution is -0.143. The number of halogens is 1. The number of nitrogens with one attached hydrogen (secondary N) is 2. The fourth-order valence-corrected chi connectivity index (χ4v) is 6.02. The molecule has 5 aromatic rings. The van der Waals surface area contributed by atoms with Gasteiger partial charge < -0.3 is 15.0 Å². The molecule has 240 valence electrons. The molecule has 2 amide bonds. The molecular formula is C37H34FN3O5S. The fourth-order valence-electron chi connectivity index (χ4n) is 4.96. The summed E-state index contributed by atoms with van der Waals surface area (Å²) < 4.78 is 47.0. The summed E-state index contributed by atoms with van der Waals surface area (Å²) in [6, 6.07) is 37.9. The topological polar surface area (TPSA) is 105 Å². The van der Waals surface area contributed by atoms with Gasteiger partial charge in [0.15, 0.2) is 6.61 Å². The average Bonchev–Trinajstić information content (AvgIpc) is 3.09. The Morgan fingerprint density at radius 3 is 1.91 bits per heavy atom. The zero-order valence-corrected chi connectivity index (χ0v) is 26.3. The minimum atomic E-state index is -3.95. The normalized spacial score (nSPS) is 11.7. The lowest BCUT2D eigenvalue weighted by Gasteiger charge is -2.31. The number of anilines is 1. The second kappa shape index (κ2) is 15.7. The Labute approximate surface area is 273 Å². The van der Waals surface area contributed by atoms with Gasteiger partial charge in [0, 0.05) is 18.8 Å². The molecule has 0 bridgehead atoms. The van der Waals surface area contributed by atoms with Crippen molar-refractivity contribution in [3.63, 3.8) is 0 Å². The summed E-state index contributed by atoms with van der Waals surface area (Å²) in [5, 5.41) is 3.01. The molecule has 0 aliphatic carbocycles. The number of rotatable bonds is 14. The minimum absolute atomic E-state index is 0.0393. The number of nitrogens with zero attached hydrogens (tertiary/aromatic N) is 1. The van der Waals surface area contributed by atoms with Gasteiger partial charge in [-0.05, 0) is 71.6 Å². The molecule has 0 heterocycles. The summed E-state index contributed by atoms with van der Waals surface area (Å²) >= 11 is 0. The third-order valence-electron chi connectivity index (χ3n) is 7.34. The van der Waals surface area contributed by atoms with Gasteiger partial charge in [-0.15, -0.1) is 0 Å². The number of amides is 2. The van der Waals surface area contributed by atoms with Gasteiger partial charge >= 0.3 is 0 Å². The third kappa shape index (κ3) is 9.27. The van der Waals surface area contributed by atoms with Crippen molar-refractivity contribution in [3.05, 3.63) is 162 Å². The lowest BCUT2D eigenvalue weighted by Crippen LogP contribution is -2.45. The minimum Gasteiger partial charge on any atom is -0.484 e. The number of ether oxygens (including phenoxy) is 1. The van der Waals surface area contributed by atoms with Gasteiger partial charge in [-0.3, -0.25) is 14.3 Å². The molecule has 0 aliphatic rings. The zero-order chi connectivity index (χ0) is 33.1. The first-order valence-electron chi connectivity index (χ1n) is 15.0. The number of carbonyl (C=O) groups is 2. The maximum atomic E-state index is 13.9. The van der Waals surface area contributed by atoms with E-state index in [1.807, 2.05) is 91.0 Å². The summed E-state index contributed by atoms with van der Waals surface area (Å²) in [4.78, 5) is 29.1. The molecule has 5 aromatic carbocycles. The Balaban J connectivity index is 1.32. The Kier molecular flexibility index (Phi) is 11.0. The van der Waals surface area contributed by atoms with Crippen molar-refractivity contribution >= 4 is 27.5 Å². The van der Waals surface area contributed by atoms with Crippen molar-refractivity contribution in [1.82, 2.24) is 10.2 Å². The molecule has 8 nitrogen and oxygen atoms in total. The highest BCUT2D eigenvalue weighted by Crippen LogP contribution is 2.25. The van der Waals surface area contributed by atoms with E-state index < -0.39 is 34.4 Å². The molecule has 1 atom stereocenters. The second-order valence-corrected chi connectivity index (χ2v) is 12.4. The van der Waals surface area contributed by atoms with Crippen LogP contribution in [-0.2, 0) is 32.6 Å². The predicted octanol–water partition coefficient (Wildman–Crippen LogP) is 6.13. The Morgan fingerprint density at radius 2 is 1.30 bits per heavy atom. The molecule has 0 saturated carbocycles.